The Morgan fingerprint density at radius 3 is 2.50 bits per heavy atom. The number of cyclic esters (lactones) is 1. The number of benzene rings is 2. The summed E-state index contributed by atoms with van der Waals surface area (Å²) in [7, 11) is 0. The minimum Gasteiger partial charge on any atom is -0.455 e. The first-order chi connectivity index (χ1) is 11.7. The van der Waals surface area contributed by atoms with E-state index in [2.05, 4.69) is 4.98 Å². The van der Waals surface area contributed by atoms with E-state index < -0.39 is 5.97 Å². The quantitative estimate of drug-likeness (QED) is 0.642. The first-order valence-electron chi connectivity index (χ1n) is 7.40. The summed E-state index contributed by atoms with van der Waals surface area (Å²) in [5, 5.41) is 0.739. The number of hydrogen-bond donors (Lipinski definition) is 0. The molecule has 6 heteroatoms. The second-order valence-electron chi connectivity index (χ2n) is 5.61. The average molecular weight is 323 g/mol. The van der Waals surface area contributed by atoms with Gasteiger partial charge in [-0.3, -0.25) is 0 Å². The van der Waals surface area contributed by atoms with Crippen molar-refractivity contribution in [1.29, 1.82) is 0 Å². The van der Waals surface area contributed by atoms with Gasteiger partial charge in [-0.2, -0.15) is 0 Å². The van der Waals surface area contributed by atoms with Gasteiger partial charge in [0.15, 0.2) is 11.5 Å². The number of esters is 1. The highest BCUT2D eigenvalue weighted by atomic mass is 19.1. The summed E-state index contributed by atoms with van der Waals surface area (Å²) in [6.07, 6.45) is 0. The van der Waals surface area contributed by atoms with Gasteiger partial charge < -0.3 is 14.2 Å². The Morgan fingerprint density at radius 2 is 1.71 bits per heavy atom. The van der Waals surface area contributed by atoms with E-state index >= 15 is 0 Å². The van der Waals surface area contributed by atoms with Crippen molar-refractivity contribution in [3.63, 3.8) is 0 Å². The lowest BCUT2D eigenvalue weighted by atomic mass is 9.94. The Balaban J connectivity index is 1.89. The zero-order valence-electron chi connectivity index (χ0n) is 12.3. The van der Waals surface area contributed by atoms with Gasteiger partial charge >= 0.3 is 5.97 Å². The van der Waals surface area contributed by atoms with Crippen LogP contribution in [0.15, 0.2) is 36.4 Å². The molecule has 0 atom stereocenters. The number of ether oxygens (including phenoxy) is 3. The third-order valence-corrected chi connectivity index (χ3v) is 4.23. The number of nitrogens with zero attached hydrogens (tertiary/aromatic N) is 1. The molecule has 2 aromatic carbocycles. The first kappa shape index (κ1) is 13.3. The van der Waals surface area contributed by atoms with E-state index in [1.807, 2.05) is 0 Å². The van der Waals surface area contributed by atoms with Crippen molar-refractivity contribution in [1.82, 2.24) is 4.98 Å². The van der Waals surface area contributed by atoms with Crippen LogP contribution in [-0.2, 0) is 11.3 Å². The maximum Gasteiger partial charge on any atom is 0.341 e. The summed E-state index contributed by atoms with van der Waals surface area (Å²) in [6, 6.07) is 9.59. The lowest BCUT2D eigenvalue weighted by Crippen LogP contribution is -2.00. The number of pyridine rings is 1. The van der Waals surface area contributed by atoms with Crippen LogP contribution in [-0.4, -0.2) is 17.7 Å². The van der Waals surface area contributed by atoms with E-state index in [9.17, 15) is 9.18 Å². The number of hydrogen-bond acceptors (Lipinski definition) is 5. The Bertz CT molecular complexity index is 1010. The molecule has 0 N–H and O–H groups in total. The Hall–Kier alpha value is -3.15. The van der Waals surface area contributed by atoms with Gasteiger partial charge in [-0.1, -0.05) is 12.1 Å². The maximum absolute atomic E-state index is 13.3. The minimum absolute atomic E-state index is 0.132. The highest BCUT2D eigenvalue weighted by Gasteiger charge is 2.30. The summed E-state index contributed by atoms with van der Waals surface area (Å²) in [5.74, 6) is 0.453. The number of rotatable bonds is 1. The third kappa shape index (κ3) is 1.79. The standard InChI is InChI=1S/C18H10FNO4/c19-10-3-1-9(2-4-10)16-11-5-14-15(24-8-23-14)6-12(11)20-13-7-22-18(21)17(13)16/h1-6H,7-8H2. The molecular weight excluding hydrogens is 313 g/mol. The Kier molecular flexibility index (Phi) is 2.59. The normalized spacial score (nSPS) is 14.8. The van der Waals surface area contributed by atoms with Gasteiger partial charge in [0.2, 0.25) is 6.79 Å². The molecule has 5 rings (SSSR count). The van der Waals surface area contributed by atoms with Crippen LogP contribution in [0, 0.1) is 5.82 Å². The number of aromatic nitrogens is 1. The van der Waals surface area contributed by atoms with Gasteiger partial charge in [0, 0.05) is 17.0 Å². The molecule has 3 aromatic rings. The predicted octanol–water partition coefficient (Wildman–Crippen LogP) is 3.44. The molecule has 24 heavy (non-hydrogen) atoms. The van der Waals surface area contributed by atoms with Crippen molar-refractivity contribution in [2.24, 2.45) is 0 Å². The van der Waals surface area contributed by atoms with Crippen LogP contribution in [0.4, 0.5) is 4.39 Å². The molecule has 1 aromatic heterocycles. The van der Waals surface area contributed by atoms with Crippen molar-refractivity contribution >= 4 is 16.9 Å². The maximum atomic E-state index is 13.3. The van der Waals surface area contributed by atoms with Gasteiger partial charge in [-0.05, 0) is 23.8 Å². The van der Waals surface area contributed by atoms with E-state index in [0.29, 0.717) is 33.8 Å². The molecule has 2 aliphatic rings. The van der Waals surface area contributed by atoms with Crippen LogP contribution in [0.2, 0.25) is 0 Å². The van der Waals surface area contributed by atoms with Crippen LogP contribution in [0.3, 0.4) is 0 Å². The molecule has 2 aliphatic heterocycles. The lowest BCUT2D eigenvalue weighted by molar-refractivity contribution is 0.0534. The molecule has 0 fully saturated rings. The molecule has 0 saturated carbocycles. The molecule has 3 heterocycles. The second-order valence-corrected chi connectivity index (χ2v) is 5.61. The highest BCUT2D eigenvalue weighted by Crippen LogP contribution is 2.42. The SMILES string of the molecule is O=C1OCc2nc3cc4c(cc3c(-c3ccc(F)cc3)c21)OCO4. The first-order valence-corrected chi connectivity index (χ1v) is 7.40. The summed E-state index contributed by atoms with van der Waals surface area (Å²) in [5.41, 5.74) is 3.07. The average Bonchev–Trinajstić information content (AvgIpc) is 3.18. The topological polar surface area (TPSA) is 57.7 Å². The van der Waals surface area contributed by atoms with E-state index in [0.717, 1.165) is 10.9 Å². The molecule has 0 radical (unpaired) electrons. The summed E-state index contributed by atoms with van der Waals surface area (Å²) < 4.78 is 29.3. The van der Waals surface area contributed by atoms with Crippen molar-refractivity contribution < 1.29 is 23.4 Å². The predicted molar refractivity (Wildman–Crippen MR) is 82.4 cm³/mol. The van der Waals surface area contributed by atoms with Gasteiger partial charge in [0.25, 0.3) is 0 Å². The smallest absolute Gasteiger partial charge is 0.341 e. The van der Waals surface area contributed by atoms with Crippen molar-refractivity contribution in [2.75, 3.05) is 6.79 Å². The fraction of sp³-hybridized carbons (Fsp3) is 0.111. The van der Waals surface area contributed by atoms with Crippen LogP contribution in [0.25, 0.3) is 22.0 Å². The Labute approximate surface area is 135 Å². The molecule has 0 aliphatic carbocycles. The number of fused-ring (bicyclic) bond motifs is 3. The number of carbonyl (C=O) groups excluding carboxylic acids is 1. The zero-order valence-corrected chi connectivity index (χ0v) is 12.3. The van der Waals surface area contributed by atoms with E-state index in [1.54, 1.807) is 24.3 Å². The van der Waals surface area contributed by atoms with Crippen molar-refractivity contribution in [2.45, 2.75) is 6.61 Å². The lowest BCUT2D eigenvalue weighted by Gasteiger charge is -2.11. The fourth-order valence-corrected chi connectivity index (χ4v) is 3.15. The van der Waals surface area contributed by atoms with Crippen LogP contribution in [0.1, 0.15) is 16.1 Å². The Morgan fingerprint density at radius 1 is 0.958 bits per heavy atom. The van der Waals surface area contributed by atoms with Crippen molar-refractivity contribution in [3.8, 4) is 22.6 Å². The monoisotopic (exact) mass is 323 g/mol. The van der Waals surface area contributed by atoms with Crippen LogP contribution < -0.4 is 9.47 Å². The van der Waals surface area contributed by atoms with Gasteiger partial charge in [0.05, 0.1) is 16.8 Å². The number of halogens is 1. The molecule has 0 amide bonds. The van der Waals surface area contributed by atoms with Crippen LogP contribution in [0.5, 0.6) is 11.5 Å². The molecule has 0 saturated heterocycles. The number of carbonyl (C=O) groups is 1. The molecule has 0 bridgehead atoms. The highest BCUT2D eigenvalue weighted by molar-refractivity contribution is 6.09. The molecule has 118 valence electrons. The minimum atomic E-state index is -0.420. The third-order valence-electron chi connectivity index (χ3n) is 4.23. The van der Waals surface area contributed by atoms with Crippen molar-refractivity contribution in [3.05, 3.63) is 53.5 Å². The van der Waals surface area contributed by atoms with Crippen LogP contribution >= 0.6 is 0 Å². The molecule has 5 nitrogen and oxygen atoms in total. The zero-order chi connectivity index (χ0) is 16.3. The van der Waals surface area contributed by atoms with E-state index in [-0.39, 0.29) is 19.2 Å². The largest absolute Gasteiger partial charge is 0.455 e. The summed E-state index contributed by atoms with van der Waals surface area (Å²) >= 11 is 0. The molecular formula is C18H10FNO4. The van der Waals surface area contributed by atoms with E-state index in [4.69, 9.17) is 14.2 Å². The summed E-state index contributed by atoms with van der Waals surface area (Å²) in [4.78, 5) is 16.7. The summed E-state index contributed by atoms with van der Waals surface area (Å²) in [6.45, 7) is 0.284. The van der Waals surface area contributed by atoms with Gasteiger partial charge in [0.1, 0.15) is 12.4 Å². The molecule has 0 spiro atoms. The van der Waals surface area contributed by atoms with Gasteiger partial charge in [-0.25, -0.2) is 14.2 Å². The molecule has 0 unspecified atom stereocenters. The van der Waals surface area contributed by atoms with Gasteiger partial charge in [-0.15, -0.1) is 0 Å². The fourth-order valence-electron chi connectivity index (χ4n) is 3.15. The van der Waals surface area contributed by atoms with E-state index in [1.165, 1.54) is 12.1 Å². The second kappa shape index (κ2) is 4.67.